The summed E-state index contributed by atoms with van der Waals surface area (Å²) in [5.41, 5.74) is 4.68. The van der Waals surface area contributed by atoms with Crippen molar-refractivity contribution in [2.75, 3.05) is 56.1 Å². The zero-order chi connectivity index (χ0) is 29.1. The van der Waals surface area contributed by atoms with Crippen LogP contribution in [0.2, 0.25) is 0 Å². The van der Waals surface area contributed by atoms with Crippen LogP contribution in [0.3, 0.4) is 0 Å². The van der Waals surface area contributed by atoms with Crippen molar-refractivity contribution in [1.82, 2.24) is 4.90 Å². The van der Waals surface area contributed by atoms with Gasteiger partial charge < -0.3 is 34.6 Å². The number of esters is 1. The molecule has 0 aromatic heterocycles. The smallest absolute Gasteiger partial charge is 0.338 e. The van der Waals surface area contributed by atoms with Gasteiger partial charge in [0, 0.05) is 42.5 Å². The van der Waals surface area contributed by atoms with Gasteiger partial charge in [-0.15, -0.1) is 0 Å². The number of nitrogens with one attached hydrogen (secondary N) is 2. The Hall–Kier alpha value is -4.83. The molecule has 5 rings (SSSR count). The number of hydrogen-bond acceptors (Lipinski definition) is 8. The third-order valence-electron chi connectivity index (χ3n) is 6.79. The average Bonchev–Trinajstić information content (AvgIpc) is 3.55. The Balaban J connectivity index is 1.54. The first-order valence-corrected chi connectivity index (χ1v) is 13.3. The Morgan fingerprint density at radius 1 is 0.951 bits per heavy atom. The van der Waals surface area contributed by atoms with Crippen molar-refractivity contribution in [2.24, 2.45) is 0 Å². The summed E-state index contributed by atoms with van der Waals surface area (Å²) in [5, 5.41) is 6.31. The van der Waals surface area contributed by atoms with Crippen LogP contribution in [0.4, 0.5) is 17.1 Å². The van der Waals surface area contributed by atoms with Crippen molar-refractivity contribution < 1.29 is 28.6 Å². The van der Waals surface area contributed by atoms with Gasteiger partial charge in [0.2, 0.25) is 12.7 Å². The van der Waals surface area contributed by atoms with E-state index in [0.717, 1.165) is 17.9 Å². The maximum absolute atomic E-state index is 13.4. The van der Waals surface area contributed by atoms with E-state index in [1.54, 1.807) is 43.0 Å². The van der Waals surface area contributed by atoms with Crippen LogP contribution in [0.15, 0.2) is 60.7 Å². The molecule has 0 aliphatic carbocycles. The standard InChI is InChI=1S/C31H32N4O6/c1-5-39-31(38)21-6-12-24-25(16-21)33-30(37)28(24)29(20-7-13-26-27(17-20)41-18-40-26)32-22-8-10-23(11-9-22)35(19(2)36)15-14-34(3)4/h6-13,16-17,32H,5,14-15,18H2,1-4H3,(H,33,37)/b29-28-. The van der Waals surface area contributed by atoms with Crippen molar-refractivity contribution in [3.63, 3.8) is 0 Å². The fourth-order valence-electron chi connectivity index (χ4n) is 4.73. The molecule has 2 aliphatic heterocycles. The second-order valence-corrected chi connectivity index (χ2v) is 9.90. The minimum atomic E-state index is -0.457. The van der Waals surface area contributed by atoms with Gasteiger partial charge in [0.25, 0.3) is 5.91 Å². The van der Waals surface area contributed by atoms with Crippen LogP contribution in [-0.2, 0) is 14.3 Å². The zero-order valence-electron chi connectivity index (χ0n) is 23.4. The molecule has 0 bridgehead atoms. The molecule has 2 aliphatic rings. The first-order valence-electron chi connectivity index (χ1n) is 13.3. The number of amides is 2. The van der Waals surface area contributed by atoms with E-state index in [4.69, 9.17) is 14.2 Å². The molecule has 0 spiro atoms. The highest BCUT2D eigenvalue weighted by atomic mass is 16.7. The summed E-state index contributed by atoms with van der Waals surface area (Å²) in [4.78, 5) is 41.7. The van der Waals surface area contributed by atoms with Gasteiger partial charge in [-0.25, -0.2) is 4.79 Å². The Kier molecular flexibility index (Phi) is 7.93. The molecular weight excluding hydrogens is 524 g/mol. The number of fused-ring (bicyclic) bond motifs is 2. The van der Waals surface area contributed by atoms with Gasteiger partial charge in [0.05, 0.1) is 29.1 Å². The number of benzene rings is 3. The molecule has 0 fully saturated rings. The van der Waals surface area contributed by atoms with E-state index in [2.05, 4.69) is 10.6 Å². The quantitative estimate of drug-likeness (QED) is 0.294. The highest BCUT2D eigenvalue weighted by Crippen LogP contribution is 2.41. The third-order valence-corrected chi connectivity index (χ3v) is 6.79. The third kappa shape index (κ3) is 5.87. The van der Waals surface area contributed by atoms with E-state index in [1.807, 2.05) is 55.4 Å². The van der Waals surface area contributed by atoms with E-state index in [-0.39, 0.29) is 25.2 Å². The minimum absolute atomic E-state index is 0.0443. The topological polar surface area (TPSA) is 109 Å². The Bertz CT molecular complexity index is 1530. The van der Waals surface area contributed by atoms with Gasteiger partial charge in [-0.05, 0) is 75.6 Å². The lowest BCUT2D eigenvalue weighted by Crippen LogP contribution is -2.35. The molecule has 0 atom stereocenters. The van der Waals surface area contributed by atoms with Crippen LogP contribution in [0, 0.1) is 0 Å². The Morgan fingerprint density at radius 2 is 1.68 bits per heavy atom. The fraction of sp³-hybridized carbons (Fsp3) is 0.258. The Morgan fingerprint density at radius 3 is 2.39 bits per heavy atom. The van der Waals surface area contributed by atoms with Crippen molar-refractivity contribution >= 4 is 46.1 Å². The number of hydrogen-bond donors (Lipinski definition) is 2. The van der Waals surface area contributed by atoms with Crippen LogP contribution in [0.25, 0.3) is 11.3 Å². The molecule has 0 unspecified atom stereocenters. The van der Waals surface area contributed by atoms with Crippen molar-refractivity contribution in [3.8, 4) is 11.5 Å². The minimum Gasteiger partial charge on any atom is -0.462 e. The second-order valence-electron chi connectivity index (χ2n) is 9.90. The van der Waals surface area contributed by atoms with E-state index in [0.29, 0.717) is 51.7 Å². The van der Waals surface area contributed by atoms with Crippen LogP contribution in [0.1, 0.15) is 35.3 Å². The lowest BCUT2D eigenvalue weighted by Gasteiger charge is -2.23. The molecule has 3 aromatic rings. The number of ether oxygens (including phenoxy) is 3. The van der Waals surface area contributed by atoms with E-state index < -0.39 is 5.97 Å². The van der Waals surface area contributed by atoms with E-state index in [9.17, 15) is 14.4 Å². The molecule has 0 radical (unpaired) electrons. The van der Waals surface area contributed by atoms with Crippen LogP contribution < -0.4 is 25.0 Å². The zero-order valence-corrected chi connectivity index (χ0v) is 23.4. The molecule has 212 valence electrons. The van der Waals surface area contributed by atoms with E-state index in [1.165, 1.54) is 0 Å². The molecule has 2 amide bonds. The van der Waals surface area contributed by atoms with Crippen LogP contribution in [-0.4, -0.2) is 63.3 Å². The maximum atomic E-state index is 13.4. The molecule has 3 aromatic carbocycles. The normalized spacial score (nSPS) is 14.4. The lowest BCUT2D eigenvalue weighted by molar-refractivity contribution is -0.116. The lowest BCUT2D eigenvalue weighted by atomic mass is 9.98. The summed E-state index contributed by atoms with van der Waals surface area (Å²) in [7, 11) is 3.93. The molecule has 10 heteroatoms. The number of carbonyl (C=O) groups is 3. The fourth-order valence-corrected chi connectivity index (χ4v) is 4.73. The van der Waals surface area contributed by atoms with Gasteiger partial charge in [-0.2, -0.15) is 0 Å². The molecule has 2 N–H and O–H groups in total. The second kappa shape index (κ2) is 11.7. The number of likely N-dealkylation sites (N-methyl/N-ethyl adjacent to an activating group) is 1. The number of rotatable bonds is 9. The van der Waals surface area contributed by atoms with Gasteiger partial charge in [-0.1, -0.05) is 6.07 Å². The maximum Gasteiger partial charge on any atom is 0.338 e. The summed E-state index contributed by atoms with van der Waals surface area (Å²) in [5.74, 6) is 0.384. The van der Waals surface area contributed by atoms with Crippen molar-refractivity contribution in [1.29, 1.82) is 0 Å². The van der Waals surface area contributed by atoms with Gasteiger partial charge >= 0.3 is 5.97 Å². The summed E-state index contributed by atoms with van der Waals surface area (Å²) < 4.78 is 16.2. The van der Waals surface area contributed by atoms with Gasteiger partial charge in [0.1, 0.15) is 0 Å². The number of carbonyl (C=O) groups excluding carboxylic acids is 3. The van der Waals surface area contributed by atoms with Crippen molar-refractivity contribution in [2.45, 2.75) is 13.8 Å². The number of nitrogens with zero attached hydrogens (tertiary/aromatic N) is 2. The highest BCUT2D eigenvalue weighted by Gasteiger charge is 2.30. The SMILES string of the molecule is CCOC(=O)c1ccc2c(c1)NC(=O)/C2=C(\Nc1ccc(N(CCN(C)C)C(C)=O)cc1)c1ccc2c(c1)OCO2. The molecule has 0 saturated carbocycles. The predicted octanol–water partition coefficient (Wildman–Crippen LogP) is 4.44. The summed E-state index contributed by atoms with van der Waals surface area (Å²) in [6.07, 6.45) is 0. The van der Waals surface area contributed by atoms with Crippen LogP contribution in [0.5, 0.6) is 11.5 Å². The molecule has 2 heterocycles. The highest BCUT2D eigenvalue weighted by molar-refractivity contribution is 6.37. The Labute approximate surface area is 238 Å². The summed E-state index contributed by atoms with van der Waals surface area (Å²) >= 11 is 0. The van der Waals surface area contributed by atoms with Crippen molar-refractivity contribution in [3.05, 3.63) is 77.4 Å². The summed E-state index contributed by atoms with van der Waals surface area (Å²) in [6.45, 7) is 4.96. The first kappa shape index (κ1) is 27.7. The molecule has 41 heavy (non-hydrogen) atoms. The largest absolute Gasteiger partial charge is 0.462 e. The predicted molar refractivity (Wildman–Crippen MR) is 157 cm³/mol. The monoisotopic (exact) mass is 556 g/mol. The van der Waals surface area contributed by atoms with Gasteiger partial charge in [-0.3, -0.25) is 9.59 Å². The summed E-state index contributed by atoms with van der Waals surface area (Å²) in [6, 6.07) is 18.0. The molecule has 10 nitrogen and oxygen atoms in total. The first-order chi connectivity index (χ1) is 19.7. The van der Waals surface area contributed by atoms with Gasteiger partial charge in [0.15, 0.2) is 11.5 Å². The van der Waals surface area contributed by atoms with E-state index >= 15 is 0 Å². The molecule has 0 saturated heterocycles. The average molecular weight is 557 g/mol. The number of anilines is 3. The van der Waals surface area contributed by atoms with Crippen LogP contribution >= 0.6 is 0 Å². The molecular formula is C31H32N4O6.